The van der Waals surface area contributed by atoms with E-state index >= 15 is 0 Å². The Morgan fingerprint density at radius 1 is 1.30 bits per heavy atom. The first-order valence-corrected chi connectivity index (χ1v) is 7.68. The van der Waals surface area contributed by atoms with Crippen molar-refractivity contribution < 1.29 is 0 Å². The molecule has 2 aromatic rings. The van der Waals surface area contributed by atoms with Crippen molar-refractivity contribution in [1.29, 1.82) is 0 Å². The monoisotopic (exact) mass is 269 g/mol. The van der Waals surface area contributed by atoms with E-state index in [4.69, 9.17) is 0 Å². The number of hydrogen-bond acceptors (Lipinski definition) is 3. The van der Waals surface area contributed by atoms with Crippen LogP contribution in [0.2, 0.25) is 0 Å². The average Bonchev–Trinajstić information content (AvgIpc) is 2.52. The summed E-state index contributed by atoms with van der Waals surface area (Å²) in [4.78, 5) is 7.00. The smallest absolute Gasteiger partial charge is 0.0722 e. The number of anilines is 1. The van der Waals surface area contributed by atoms with Gasteiger partial charge in [-0.2, -0.15) is 0 Å². The van der Waals surface area contributed by atoms with Crippen LogP contribution in [0.1, 0.15) is 19.8 Å². The molecule has 106 valence electrons. The number of pyridine rings is 1. The summed E-state index contributed by atoms with van der Waals surface area (Å²) in [5, 5.41) is 4.77. The van der Waals surface area contributed by atoms with Crippen LogP contribution >= 0.6 is 0 Å². The fourth-order valence-corrected chi connectivity index (χ4v) is 3.16. The molecule has 1 saturated heterocycles. The second-order valence-corrected chi connectivity index (χ2v) is 5.61. The highest BCUT2D eigenvalue weighted by atomic mass is 15.1. The molecule has 1 aliphatic rings. The third-order valence-corrected chi connectivity index (χ3v) is 4.17. The summed E-state index contributed by atoms with van der Waals surface area (Å²) in [6.45, 7) is 6.69. The molecule has 1 aromatic carbocycles. The van der Waals surface area contributed by atoms with Crippen LogP contribution in [0, 0.1) is 5.92 Å². The van der Waals surface area contributed by atoms with Gasteiger partial charge in [0.2, 0.25) is 0 Å². The van der Waals surface area contributed by atoms with E-state index < -0.39 is 0 Å². The lowest BCUT2D eigenvalue weighted by Crippen LogP contribution is -2.39. The predicted octanol–water partition coefficient (Wildman–Crippen LogP) is 3.06. The van der Waals surface area contributed by atoms with E-state index in [-0.39, 0.29) is 0 Å². The largest absolute Gasteiger partial charge is 0.371 e. The molecule has 1 N–H and O–H groups in total. The molecule has 2 heterocycles. The van der Waals surface area contributed by atoms with Gasteiger partial charge in [0.15, 0.2) is 0 Å². The van der Waals surface area contributed by atoms with E-state index in [2.05, 4.69) is 52.5 Å². The van der Waals surface area contributed by atoms with Gasteiger partial charge in [-0.3, -0.25) is 4.98 Å². The van der Waals surface area contributed by atoms with Gasteiger partial charge in [-0.05, 0) is 44.0 Å². The Labute approximate surface area is 121 Å². The zero-order valence-electron chi connectivity index (χ0n) is 12.2. The van der Waals surface area contributed by atoms with E-state index in [1.165, 1.54) is 23.9 Å². The molecule has 1 fully saturated rings. The number of benzene rings is 1. The van der Waals surface area contributed by atoms with Crippen molar-refractivity contribution >= 4 is 16.6 Å². The van der Waals surface area contributed by atoms with Crippen LogP contribution in [0.15, 0.2) is 36.5 Å². The number of aromatic nitrogens is 1. The predicted molar refractivity (Wildman–Crippen MR) is 85.2 cm³/mol. The fraction of sp³-hybridized carbons (Fsp3) is 0.471. The lowest BCUT2D eigenvalue weighted by Gasteiger charge is -2.35. The first-order chi connectivity index (χ1) is 9.88. The molecule has 3 heteroatoms. The van der Waals surface area contributed by atoms with Gasteiger partial charge in [-0.1, -0.05) is 25.1 Å². The van der Waals surface area contributed by atoms with E-state index in [9.17, 15) is 0 Å². The van der Waals surface area contributed by atoms with E-state index in [1.807, 2.05) is 6.20 Å². The molecule has 1 atom stereocenters. The Morgan fingerprint density at radius 3 is 3.10 bits per heavy atom. The first-order valence-electron chi connectivity index (χ1n) is 7.68. The minimum Gasteiger partial charge on any atom is -0.371 e. The SMILES string of the molecule is CCNCC1CCCN(c2ccnc3ccccc23)C1. The van der Waals surface area contributed by atoms with Gasteiger partial charge in [0.05, 0.1) is 5.52 Å². The molecule has 0 amide bonds. The lowest BCUT2D eigenvalue weighted by molar-refractivity contribution is 0.396. The summed E-state index contributed by atoms with van der Waals surface area (Å²) in [5.41, 5.74) is 2.44. The molecule has 0 saturated carbocycles. The van der Waals surface area contributed by atoms with Gasteiger partial charge in [0.25, 0.3) is 0 Å². The second kappa shape index (κ2) is 6.23. The van der Waals surface area contributed by atoms with Crippen LogP contribution in [0.25, 0.3) is 10.9 Å². The molecule has 3 nitrogen and oxygen atoms in total. The molecule has 1 aromatic heterocycles. The Balaban J connectivity index is 1.83. The van der Waals surface area contributed by atoms with E-state index in [0.717, 1.165) is 37.6 Å². The van der Waals surface area contributed by atoms with Gasteiger partial charge in [0.1, 0.15) is 0 Å². The summed E-state index contributed by atoms with van der Waals surface area (Å²) in [5.74, 6) is 0.760. The summed E-state index contributed by atoms with van der Waals surface area (Å²) < 4.78 is 0. The van der Waals surface area contributed by atoms with Crippen LogP contribution in [0.3, 0.4) is 0 Å². The summed E-state index contributed by atoms with van der Waals surface area (Å²) in [7, 11) is 0. The van der Waals surface area contributed by atoms with E-state index in [1.54, 1.807) is 0 Å². The van der Waals surface area contributed by atoms with Gasteiger partial charge >= 0.3 is 0 Å². The van der Waals surface area contributed by atoms with Gasteiger partial charge in [-0.25, -0.2) is 0 Å². The maximum absolute atomic E-state index is 4.47. The van der Waals surface area contributed by atoms with Crippen LogP contribution in [0.4, 0.5) is 5.69 Å². The van der Waals surface area contributed by atoms with Gasteiger partial charge in [0, 0.05) is 30.4 Å². The normalized spacial score (nSPS) is 19.4. The maximum Gasteiger partial charge on any atom is 0.0722 e. The minimum absolute atomic E-state index is 0.760. The molecule has 0 bridgehead atoms. The highest BCUT2D eigenvalue weighted by molar-refractivity contribution is 5.91. The fourth-order valence-electron chi connectivity index (χ4n) is 3.16. The zero-order valence-corrected chi connectivity index (χ0v) is 12.2. The van der Waals surface area contributed by atoms with Gasteiger partial charge < -0.3 is 10.2 Å². The zero-order chi connectivity index (χ0) is 13.8. The number of hydrogen-bond donors (Lipinski definition) is 1. The standard InChI is InChI=1S/C17H23N3/c1-2-18-12-14-6-5-11-20(13-14)17-9-10-19-16-8-4-3-7-15(16)17/h3-4,7-10,14,18H,2,5-6,11-13H2,1H3. The Bertz CT molecular complexity index is 562. The Hall–Kier alpha value is -1.61. The number of para-hydroxylation sites is 1. The van der Waals surface area contributed by atoms with Crippen LogP contribution in [-0.2, 0) is 0 Å². The van der Waals surface area contributed by atoms with Crippen LogP contribution < -0.4 is 10.2 Å². The van der Waals surface area contributed by atoms with Crippen molar-refractivity contribution in [3.63, 3.8) is 0 Å². The average molecular weight is 269 g/mol. The number of fused-ring (bicyclic) bond motifs is 1. The summed E-state index contributed by atoms with van der Waals surface area (Å²) in [6, 6.07) is 10.6. The lowest BCUT2D eigenvalue weighted by atomic mass is 9.97. The van der Waals surface area contributed by atoms with Crippen LogP contribution in [-0.4, -0.2) is 31.2 Å². The molecule has 0 radical (unpaired) electrons. The van der Waals surface area contributed by atoms with Crippen molar-refractivity contribution in [2.45, 2.75) is 19.8 Å². The summed E-state index contributed by atoms with van der Waals surface area (Å²) >= 11 is 0. The van der Waals surface area contributed by atoms with Crippen molar-refractivity contribution in [3.05, 3.63) is 36.5 Å². The van der Waals surface area contributed by atoms with Crippen LogP contribution in [0.5, 0.6) is 0 Å². The third kappa shape index (κ3) is 2.78. The quantitative estimate of drug-likeness (QED) is 0.924. The molecule has 20 heavy (non-hydrogen) atoms. The Kier molecular flexibility index (Phi) is 4.16. The molecule has 0 spiro atoms. The highest BCUT2D eigenvalue weighted by Gasteiger charge is 2.20. The minimum atomic E-state index is 0.760. The Morgan fingerprint density at radius 2 is 2.20 bits per heavy atom. The molecule has 1 unspecified atom stereocenters. The number of nitrogens with one attached hydrogen (secondary N) is 1. The van der Waals surface area contributed by atoms with E-state index in [0.29, 0.717) is 0 Å². The third-order valence-electron chi connectivity index (χ3n) is 4.17. The number of rotatable bonds is 4. The molecular formula is C17H23N3. The van der Waals surface area contributed by atoms with Crippen molar-refractivity contribution in [1.82, 2.24) is 10.3 Å². The number of nitrogens with zero attached hydrogens (tertiary/aromatic N) is 2. The summed E-state index contributed by atoms with van der Waals surface area (Å²) in [6.07, 6.45) is 4.56. The van der Waals surface area contributed by atoms with Crippen molar-refractivity contribution in [3.8, 4) is 0 Å². The topological polar surface area (TPSA) is 28.2 Å². The second-order valence-electron chi connectivity index (χ2n) is 5.61. The van der Waals surface area contributed by atoms with Crippen molar-refractivity contribution in [2.75, 3.05) is 31.1 Å². The highest BCUT2D eigenvalue weighted by Crippen LogP contribution is 2.28. The molecule has 1 aliphatic heterocycles. The first kappa shape index (κ1) is 13.4. The molecule has 3 rings (SSSR count). The molecular weight excluding hydrogens is 246 g/mol. The molecule has 0 aliphatic carbocycles. The van der Waals surface area contributed by atoms with Gasteiger partial charge in [-0.15, -0.1) is 0 Å². The number of piperidine rings is 1. The van der Waals surface area contributed by atoms with Crippen molar-refractivity contribution in [2.24, 2.45) is 5.92 Å². The maximum atomic E-state index is 4.47.